The molecular formula is C62H115NO9. The molecule has 72 heavy (non-hydrogen) atoms. The molecule has 0 aromatic rings. The van der Waals surface area contributed by atoms with Crippen LogP contribution in [0.25, 0.3) is 0 Å². The second-order valence-electron chi connectivity index (χ2n) is 21.3. The van der Waals surface area contributed by atoms with Crippen molar-refractivity contribution in [2.45, 2.75) is 326 Å². The van der Waals surface area contributed by atoms with E-state index in [1.165, 1.54) is 199 Å². The van der Waals surface area contributed by atoms with Gasteiger partial charge in [-0.25, -0.2) is 0 Å². The first kappa shape index (κ1) is 68.1. The van der Waals surface area contributed by atoms with Crippen molar-refractivity contribution >= 4 is 5.91 Å². The zero-order chi connectivity index (χ0) is 52.4. The fraction of sp³-hybridized carbons (Fsp3) is 0.855. The van der Waals surface area contributed by atoms with Gasteiger partial charge in [-0.2, -0.15) is 0 Å². The van der Waals surface area contributed by atoms with Gasteiger partial charge in [-0.15, -0.1) is 0 Å². The molecule has 10 nitrogen and oxygen atoms in total. The van der Waals surface area contributed by atoms with E-state index in [4.69, 9.17) is 9.47 Å². The molecule has 10 heteroatoms. The Hall–Kier alpha value is -1.89. The summed E-state index contributed by atoms with van der Waals surface area (Å²) in [5.74, 6) is -0.628. The highest BCUT2D eigenvalue weighted by Crippen LogP contribution is 2.23. The lowest BCUT2D eigenvalue weighted by atomic mass is 9.99. The first-order chi connectivity index (χ1) is 35.3. The Morgan fingerprint density at radius 1 is 0.472 bits per heavy atom. The molecular weight excluding hydrogens is 903 g/mol. The van der Waals surface area contributed by atoms with Crippen molar-refractivity contribution in [1.82, 2.24) is 5.32 Å². The number of hydrogen-bond acceptors (Lipinski definition) is 9. The second-order valence-corrected chi connectivity index (χ2v) is 21.3. The van der Waals surface area contributed by atoms with Crippen LogP contribution in [0.4, 0.5) is 0 Å². The average Bonchev–Trinajstić information content (AvgIpc) is 3.38. The first-order valence-electron chi connectivity index (χ1n) is 30.5. The summed E-state index contributed by atoms with van der Waals surface area (Å²) in [6.45, 7) is 3.60. The van der Waals surface area contributed by atoms with Crippen LogP contribution in [0, 0.1) is 0 Å². The second kappa shape index (κ2) is 51.2. The van der Waals surface area contributed by atoms with Gasteiger partial charge in [0.15, 0.2) is 6.29 Å². The summed E-state index contributed by atoms with van der Waals surface area (Å²) in [5.41, 5.74) is 0. The lowest BCUT2D eigenvalue weighted by Gasteiger charge is -2.40. The zero-order valence-corrected chi connectivity index (χ0v) is 46.6. The van der Waals surface area contributed by atoms with E-state index in [-0.39, 0.29) is 6.61 Å². The van der Waals surface area contributed by atoms with Gasteiger partial charge in [0.2, 0.25) is 5.91 Å². The summed E-state index contributed by atoms with van der Waals surface area (Å²) >= 11 is 0. The summed E-state index contributed by atoms with van der Waals surface area (Å²) < 4.78 is 11.2. The molecule has 1 heterocycles. The maximum atomic E-state index is 13.1. The number of rotatable bonds is 52. The number of allylic oxidation sites excluding steroid dienone is 7. The molecule has 1 rings (SSSR count). The molecule has 0 saturated carbocycles. The van der Waals surface area contributed by atoms with Crippen LogP contribution in [0.2, 0.25) is 0 Å². The third-order valence-corrected chi connectivity index (χ3v) is 14.5. The fourth-order valence-corrected chi connectivity index (χ4v) is 9.54. The Morgan fingerprint density at radius 3 is 1.21 bits per heavy atom. The van der Waals surface area contributed by atoms with E-state index in [0.717, 1.165) is 44.9 Å². The molecule has 1 amide bonds. The van der Waals surface area contributed by atoms with Gasteiger partial charge in [0.1, 0.15) is 30.5 Å². The fourth-order valence-electron chi connectivity index (χ4n) is 9.54. The van der Waals surface area contributed by atoms with Crippen LogP contribution >= 0.6 is 0 Å². The van der Waals surface area contributed by atoms with Crippen molar-refractivity contribution in [2.75, 3.05) is 13.2 Å². The topological polar surface area (TPSA) is 169 Å². The minimum Gasteiger partial charge on any atom is -0.394 e. The van der Waals surface area contributed by atoms with E-state index in [9.17, 15) is 35.4 Å². The Kier molecular flexibility index (Phi) is 48.5. The number of nitrogens with one attached hydrogen (secondary N) is 1. The smallest absolute Gasteiger partial charge is 0.249 e. The average molecular weight is 1020 g/mol. The molecule has 1 saturated heterocycles. The molecule has 0 spiro atoms. The van der Waals surface area contributed by atoms with E-state index in [2.05, 4.69) is 55.6 Å². The third kappa shape index (κ3) is 39.5. The van der Waals surface area contributed by atoms with Crippen LogP contribution in [-0.4, -0.2) is 98.7 Å². The maximum absolute atomic E-state index is 13.1. The highest BCUT2D eigenvalue weighted by Gasteiger charge is 2.44. The van der Waals surface area contributed by atoms with E-state index in [1.54, 1.807) is 6.08 Å². The van der Waals surface area contributed by atoms with Crippen molar-refractivity contribution in [2.24, 2.45) is 0 Å². The van der Waals surface area contributed by atoms with E-state index in [0.29, 0.717) is 19.3 Å². The van der Waals surface area contributed by atoms with Crippen LogP contribution in [0.3, 0.4) is 0 Å². The monoisotopic (exact) mass is 1020 g/mol. The number of aliphatic hydroxyl groups is 6. The maximum Gasteiger partial charge on any atom is 0.249 e. The Labute approximate surface area is 442 Å². The van der Waals surface area contributed by atoms with Crippen LogP contribution in [-0.2, 0) is 14.3 Å². The summed E-state index contributed by atoms with van der Waals surface area (Å²) in [6.07, 6.45) is 58.0. The van der Waals surface area contributed by atoms with Crippen molar-refractivity contribution in [1.29, 1.82) is 0 Å². The number of aliphatic hydroxyl groups excluding tert-OH is 6. The van der Waals surface area contributed by atoms with Crippen molar-refractivity contribution in [3.8, 4) is 0 Å². The molecule has 1 aliphatic rings. The minimum atomic E-state index is -1.62. The first-order valence-corrected chi connectivity index (χ1v) is 30.5. The summed E-state index contributed by atoms with van der Waals surface area (Å²) in [7, 11) is 0. The third-order valence-electron chi connectivity index (χ3n) is 14.5. The van der Waals surface area contributed by atoms with Crippen molar-refractivity contribution in [3.05, 3.63) is 48.6 Å². The summed E-state index contributed by atoms with van der Waals surface area (Å²) in [6, 6.07) is -1.00. The molecule has 0 aromatic carbocycles. The molecule has 7 N–H and O–H groups in total. The van der Waals surface area contributed by atoms with Crippen molar-refractivity contribution < 1.29 is 44.9 Å². The zero-order valence-electron chi connectivity index (χ0n) is 46.6. The van der Waals surface area contributed by atoms with E-state index >= 15 is 0 Å². The van der Waals surface area contributed by atoms with Gasteiger partial charge in [-0.05, 0) is 70.6 Å². The number of carbonyl (C=O) groups is 1. The van der Waals surface area contributed by atoms with Crippen LogP contribution < -0.4 is 5.32 Å². The quantitative estimate of drug-likeness (QED) is 0.0232. The van der Waals surface area contributed by atoms with Gasteiger partial charge in [0.25, 0.3) is 0 Å². The van der Waals surface area contributed by atoms with Gasteiger partial charge < -0.3 is 45.4 Å². The number of carbonyl (C=O) groups excluding carboxylic acids is 1. The molecule has 0 aliphatic carbocycles. The Balaban J connectivity index is 2.20. The Bertz CT molecular complexity index is 1290. The molecule has 0 bridgehead atoms. The highest BCUT2D eigenvalue weighted by molar-refractivity contribution is 5.80. The number of unbranched alkanes of at least 4 members (excludes halogenated alkanes) is 35. The normalized spacial score (nSPS) is 19.9. The number of ether oxygens (including phenoxy) is 2. The van der Waals surface area contributed by atoms with Gasteiger partial charge in [0.05, 0.1) is 25.4 Å². The molecule has 1 fully saturated rings. The van der Waals surface area contributed by atoms with Gasteiger partial charge in [-0.3, -0.25) is 4.79 Å². The van der Waals surface area contributed by atoms with Crippen molar-refractivity contribution in [3.63, 3.8) is 0 Å². The number of hydrogen-bond donors (Lipinski definition) is 7. The molecule has 8 unspecified atom stereocenters. The lowest BCUT2D eigenvalue weighted by molar-refractivity contribution is -0.302. The van der Waals surface area contributed by atoms with Crippen LogP contribution in [0.1, 0.15) is 277 Å². The predicted molar refractivity (Wildman–Crippen MR) is 301 cm³/mol. The van der Waals surface area contributed by atoms with Gasteiger partial charge in [0, 0.05) is 0 Å². The minimum absolute atomic E-state index is 0.301. The summed E-state index contributed by atoms with van der Waals surface area (Å²) in [5, 5.41) is 65.0. The predicted octanol–water partition coefficient (Wildman–Crippen LogP) is 14.3. The standard InChI is InChI=1S/C62H115NO9/c1-3-5-7-9-11-13-15-17-19-21-22-23-24-25-26-27-28-29-30-31-32-33-34-35-37-39-41-43-45-47-49-51-56(66)61(70)63-54(53-71-62-60(69)59(68)58(67)57(52-64)72-62)55(65)50-48-46-44-42-40-38-36-20-18-16-14-12-10-8-6-4-2/h18,20,25-26,40,42,48,50,54-60,62,64-69H,3-17,19,21-24,27-39,41,43-47,49,51-53H2,1-2H3,(H,63,70)/b20-18+,26-25-,42-40+,50-48+. The lowest BCUT2D eigenvalue weighted by Crippen LogP contribution is -2.60. The molecule has 422 valence electrons. The van der Waals surface area contributed by atoms with Crippen LogP contribution in [0.5, 0.6) is 0 Å². The molecule has 0 aromatic heterocycles. The molecule has 8 atom stereocenters. The van der Waals surface area contributed by atoms with Gasteiger partial charge >= 0.3 is 0 Å². The Morgan fingerprint density at radius 2 is 0.819 bits per heavy atom. The number of amides is 1. The highest BCUT2D eigenvalue weighted by atomic mass is 16.7. The summed E-state index contributed by atoms with van der Waals surface area (Å²) in [4.78, 5) is 13.1. The van der Waals surface area contributed by atoms with E-state index in [1.807, 2.05) is 6.08 Å². The molecule has 0 radical (unpaired) electrons. The van der Waals surface area contributed by atoms with Gasteiger partial charge in [-0.1, -0.05) is 255 Å². The van der Waals surface area contributed by atoms with Crippen LogP contribution in [0.15, 0.2) is 48.6 Å². The largest absolute Gasteiger partial charge is 0.394 e. The molecule has 1 aliphatic heterocycles. The SMILES string of the molecule is CCCCCCCC/C=C/CC/C=C/CC/C=C/C(O)C(COC1OC(CO)C(O)C(O)C1O)NC(=O)C(O)CCCCCCCCCCCCCCCCC/C=C\CCCCCCCCCCCCCC. The van der Waals surface area contributed by atoms with E-state index < -0.39 is 61.5 Å².